The molecule has 0 aliphatic carbocycles. The molecule has 0 N–H and O–H groups in total. The van der Waals surface area contributed by atoms with Crippen LogP contribution in [0.3, 0.4) is 0 Å². The van der Waals surface area contributed by atoms with Crippen molar-refractivity contribution in [1.82, 2.24) is 24.3 Å². The number of anilines is 1. The molecular weight excluding hydrogens is 658 g/mol. The van der Waals surface area contributed by atoms with E-state index >= 15 is 0 Å². The zero-order valence-corrected chi connectivity index (χ0v) is 27.3. The molecule has 0 radical (unpaired) electrons. The number of nitrogens with zero attached hydrogens (tertiary/aromatic N) is 6. The number of thioether (sulfide) groups is 1. The number of aromatic nitrogens is 2. The van der Waals surface area contributed by atoms with Gasteiger partial charge in [-0.25, -0.2) is 18.0 Å². The van der Waals surface area contributed by atoms with E-state index in [0.29, 0.717) is 38.2 Å². The third kappa shape index (κ3) is 6.56. The van der Waals surface area contributed by atoms with E-state index in [-0.39, 0.29) is 70.6 Å². The fraction of sp³-hybridized carbons (Fsp3) is 0.485. The molecule has 2 saturated heterocycles. The molecule has 15 heteroatoms. The molecule has 6 rings (SSSR count). The van der Waals surface area contributed by atoms with Gasteiger partial charge in [0.1, 0.15) is 11.6 Å². The average molecular weight is 695 g/mol. The number of rotatable bonds is 7. The first-order valence-electron chi connectivity index (χ1n) is 15.8. The molecule has 3 atom stereocenters. The highest BCUT2D eigenvalue weighted by Crippen LogP contribution is 2.50. The molecule has 258 valence electrons. The Morgan fingerprint density at radius 1 is 1.06 bits per heavy atom. The summed E-state index contributed by atoms with van der Waals surface area (Å²) in [5.41, 5.74) is -1.19. The van der Waals surface area contributed by atoms with Gasteiger partial charge in [-0.15, -0.1) is 11.8 Å². The molecule has 0 unspecified atom stereocenters. The predicted octanol–water partition coefficient (Wildman–Crippen LogP) is 5.36. The quantitative estimate of drug-likeness (QED) is 0.244. The van der Waals surface area contributed by atoms with Gasteiger partial charge < -0.3 is 9.80 Å². The van der Waals surface area contributed by atoms with Crippen LogP contribution in [0.2, 0.25) is 0 Å². The van der Waals surface area contributed by atoms with Crippen LogP contribution in [0.1, 0.15) is 25.5 Å². The van der Waals surface area contributed by atoms with Crippen molar-refractivity contribution >= 4 is 34.4 Å². The highest BCUT2D eigenvalue weighted by molar-refractivity contribution is 7.99. The molecule has 0 spiro atoms. The molecule has 48 heavy (non-hydrogen) atoms. The van der Waals surface area contributed by atoms with Crippen LogP contribution in [0.5, 0.6) is 0 Å². The van der Waals surface area contributed by atoms with Gasteiger partial charge in [-0.1, -0.05) is 18.7 Å². The number of carbonyl (C=O) groups excluding carboxylic acids is 1. The standard InChI is InChI=1S/C33H36F6N6O2S/c1-4-27(46)43-14-20(3)44(15-19(43)2)31-24-13-25(33(37,38)39)28(21-5-7-22(34)8-6-21)30-29(24)45(32(47)40-31)23(18-48-30)16-41-9-11-42(12-10-41)17-26(35)36/h4-8,13,19-20,23,26H,1,9-12,14-18H2,2-3H3/t19-,20+,23+/m1/s1. The number of amides is 1. The van der Waals surface area contributed by atoms with Crippen LogP contribution in [0.15, 0.2) is 52.7 Å². The van der Waals surface area contributed by atoms with Crippen LogP contribution < -0.4 is 10.6 Å². The Bertz CT molecular complexity index is 1760. The van der Waals surface area contributed by atoms with Crippen LogP contribution in [0.4, 0.5) is 32.2 Å². The van der Waals surface area contributed by atoms with Crippen LogP contribution in [0, 0.1) is 5.82 Å². The minimum atomic E-state index is -4.80. The fourth-order valence-corrected chi connectivity index (χ4v) is 8.40. The average Bonchev–Trinajstić information content (AvgIpc) is 3.04. The van der Waals surface area contributed by atoms with E-state index in [2.05, 4.69) is 16.5 Å². The maximum Gasteiger partial charge on any atom is 0.417 e. The maximum absolute atomic E-state index is 14.9. The van der Waals surface area contributed by atoms with Crippen molar-refractivity contribution in [3.8, 4) is 11.1 Å². The first kappa shape index (κ1) is 34.3. The second-order valence-corrected chi connectivity index (χ2v) is 13.6. The van der Waals surface area contributed by atoms with Gasteiger partial charge in [-0.05, 0) is 43.7 Å². The molecular formula is C33H36F6N6O2S. The highest BCUT2D eigenvalue weighted by atomic mass is 32.2. The molecule has 0 saturated carbocycles. The lowest BCUT2D eigenvalue weighted by Gasteiger charge is -2.45. The summed E-state index contributed by atoms with van der Waals surface area (Å²) in [6.45, 7) is 9.62. The van der Waals surface area contributed by atoms with E-state index < -0.39 is 35.7 Å². The normalized spacial score (nSPS) is 22.5. The van der Waals surface area contributed by atoms with Crippen LogP contribution in [-0.4, -0.2) is 107 Å². The van der Waals surface area contributed by atoms with Gasteiger partial charge in [-0.2, -0.15) is 18.2 Å². The number of carbonyl (C=O) groups is 1. The van der Waals surface area contributed by atoms with Gasteiger partial charge in [0.15, 0.2) is 0 Å². The van der Waals surface area contributed by atoms with Crippen LogP contribution in [0.25, 0.3) is 22.0 Å². The molecule has 2 aromatic carbocycles. The van der Waals surface area contributed by atoms with Gasteiger partial charge in [-0.3, -0.25) is 19.2 Å². The van der Waals surface area contributed by atoms with E-state index in [1.54, 1.807) is 14.7 Å². The number of benzene rings is 2. The van der Waals surface area contributed by atoms with Gasteiger partial charge in [0.05, 0.1) is 23.7 Å². The van der Waals surface area contributed by atoms with Crippen LogP contribution >= 0.6 is 11.8 Å². The zero-order chi connectivity index (χ0) is 34.5. The van der Waals surface area contributed by atoms with Crippen molar-refractivity contribution in [1.29, 1.82) is 0 Å². The summed E-state index contributed by atoms with van der Waals surface area (Å²) >= 11 is 1.22. The summed E-state index contributed by atoms with van der Waals surface area (Å²) in [5.74, 6) is -0.485. The number of piperazine rings is 2. The summed E-state index contributed by atoms with van der Waals surface area (Å²) in [5, 5.41) is 0.157. The van der Waals surface area contributed by atoms with E-state index in [9.17, 15) is 35.9 Å². The Hall–Kier alpha value is -3.56. The first-order chi connectivity index (χ1) is 22.8. The predicted molar refractivity (Wildman–Crippen MR) is 173 cm³/mol. The Labute approximate surface area is 278 Å². The monoisotopic (exact) mass is 694 g/mol. The second kappa shape index (κ2) is 13.4. The van der Waals surface area contributed by atoms with Crippen molar-refractivity contribution < 1.29 is 31.1 Å². The lowest BCUT2D eigenvalue weighted by Crippen LogP contribution is -2.58. The topological polar surface area (TPSA) is 64.9 Å². The Balaban J connectivity index is 1.51. The third-order valence-electron chi connectivity index (χ3n) is 9.41. The Morgan fingerprint density at radius 2 is 1.73 bits per heavy atom. The number of halogens is 6. The molecule has 1 aromatic heterocycles. The lowest BCUT2D eigenvalue weighted by atomic mass is 9.95. The summed E-state index contributed by atoms with van der Waals surface area (Å²) in [6.07, 6.45) is -6.02. The molecule has 3 aliphatic heterocycles. The minimum absolute atomic E-state index is 0.107. The second-order valence-electron chi connectivity index (χ2n) is 12.6. The number of hydrogen-bond acceptors (Lipinski definition) is 7. The molecule has 0 bridgehead atoms. The largest absolute Gasteiger partial charge is 0.417 e. The summed E-state index contributed by atoms with van der Waals surface area (Å²) in [6, 6.07) is 4.67. The van der Waals surface area contributed by atoms with Crippen molar-refractivity contribution in [2.45, 2.75) is 49.5 Å². The van der Waals surface area contributed by atoms with E-state index in [1.165, 1.54) is 34.5 Å². The van der Waals surface area contributed by atoms with Gasteiger partial charge in [0, 0.05) is 79.5 Å². The summed E-state index contributed by atoms with van der Waals surface area (Å²) in [4.78, 5) is 38.5. The van der Waals surface area contributed by atoms with Crippen molar-refractivity contribution in [2.24, 2.45) is 0 Å². The number of hydrogen-bond donors (Lipinski definition) is 0. The first-order valence-corrected chi connectivity index (χ1v) is 16.8. The van der Waals surface area contributed by atoms with Gasteiger partial charge >= 0.3 is 11.9 Å². The smallest absolute Gasteiger partial charge is 0.349 e. The molecule has 2 fully saturated rings. The molecule has 8 nitrogen and oxygen atoms in total. The molecule has 1 amide bonds. The van der Waals surface area contributed by atoms with E-state index in [1.807, 2.05) is 13.8 Å². The maximum atomic E-state index is 14.9. The van der Waals surface area contributed by atoms with Crippen molar-refractivity contribution in [2.75, 3.05) is 63.0 Å². The lowest BCUT2D eigenvalue weighted by molar-refractivity contribution is -0.137. The molecule has 4 heterocycles. The van der Waals surface area contributed by atoms with E-state index in [0.717, 1.165) is 18.2 Å². The molecule has 3 aromatic rings. The Kier molecular flexibility index (Phi) is 9.57. The zero-order valence-electron chi connectivity index (χ0n) is 26.5. The third-order valence-corrected chi connectivity index (χ3v) is 10.7. The van der Waals surface area contributed by atoms with Crippen molar-refractivity contribution in [3.63, 3.8) is 0 Å². The highest BCUT2D eigenvalue weighted by Gasteiger charge is 2.41. The fourth-order valence-electron chi connectivity index (χ4n) is 7.06. The van der Waals surface area contributed by atoms with E-state index in [4.69, 9.17) is 0 Å². The summed E-state index contributed by atoms with van der Waals surface area (Å²) < 4.78 is 86.1. The molecule has 3 aliphatic rings. The minimum Gasteiger partial charge on any atom is -0.349 e. The van der Waals surface area contributed by atoms with Crippen molar-refractivity contribution in [3.05, 3.63) is 64.9 Å². The SMILES string of the molecule is C=CC(=O)N1C[C@H](C)N(c2nc(=O)n3c4c(c(-c5ccc(F)cc5)c(C(F)(F)F)cc24)SC[C@@H]3CN2CCN(CC(F)F)CC2)C[C@H]1C. The Morgan fingerprint density at radius 3 is 2.35 bits per heavy atom. The number of alkyl halides is 5. The van der Waals surface area contributed by atoms with Gasteiger partial charge in [0.2, 0.25) is 5.91 Å². The summed E-state index contributed by atoms with van der Waals surface area (Å²) in [7, 11) is 0. The van der Waals surface area contributed by atoms with Crippen LogP contribution in [-0.2, 0) is 11.0 Å². The van der Waals surface area contributed by atoms with Gasteiger partial charge in [0.25, 0.3) is 6.43 Å².